The van der Waals surface area contributed by atoms with Crippen molar-refractivity contribution in [2.75, 3.05) is 18.5 Å². The molecule has 0 radical (unpaired) electrons. The maximum atomic E-state index is 13.1. The van der Waals surface area contributed by atoms with Crippen LogP contribution in [-0.4, -0.2) is 39.2 Å². The first kappa shape index (κ1) is 15.3. The number of hydrogen-bond acceptors (Lipinski definition) is 4. The molecule has 7 heteroatoms. The number of aliphatic hydroxyl groups excluding tert-OH is 1. The van der Waals surface area contributed by atoms with E-state index in [1.165, 1.54) is 6.20 Å². The third-order valence-electron chi connectivity index (χ3n) is 2.63. The van der Waals surface area contributed by atoms with E-state index in [1.54, 1.807) is 30.2 Å². The summed E-state index contributed by atoms with van der Waals surface area (Å²) in [5.74, 6) is 5.88. The van der Waals surface area contributed by atoms with Crippen LogP contribution in [0.3, 0.4) is 0 Å². The number of anilines is 1. The number of alkyl halides is 1. The summed E-state index contributed by atoms with van der Waals surface area (Å²) in [4.78, 5) is 3.96. The van der Waals surface area contributed by atoms with Gasteiger partial charge in [-0.25, -0.2) is 9.37 Å². The predicted molar refractivity (Wildman–Crippen MR) is 78.9 cm³/mol. The van der Waals surface area contributed by atoms with E-state index < -0.39 is 12.8 Å². The maximum absolute atomic E-state index is 13.1. The van der Waals surface area contributed by atoms with Crippen LogP contribution >= 0.6 is 11.6 Å². The number of nitrogens with one attached hydrogen (secondary N) is 1. The van der Waals surface area contributed by atoms with Gasteiger partial charge < -0.3 is 10.4 Å². The maximum Gasteiger partial charge on any atom is 0.140 e. The molecular formula is C14H14ClFN4O. The van der Waals surface area contributed by atoms with Crippen LogP contribution in [0.4, 0.5) is 10.1 Å². The van der Waals surface area contributed by atoms with Crippen LogP contribution in [0.2, 0.25) is 5.15 Å². The topological polar surface area (TPSA) is 63.0 Å². The van der Waals surface area contributed by atoms with E-state index >= 15 is 0 Å². The molecule has 0 aliphatic rings. The van der Waals surface area contributed by atoms with Gasteiger partial charge in [0.25, 0.3) is 0 Å². The Morgan fingerprint density at radius 1 is 1.48 bits per heavy atom. The number of aryl methyl sites for hydroxylation is 1. The Morgan fingerprint density at radius 2 is 2.29 bits per heavy atom. The van der Waals surface area contributed by atoms with Gasteiger partial charge in [-0.2, -0.15) is 5.10 Å². The molecule has 0 fully saturated rings. The lowest BCUT2D eigenvalue weighted by atomic mass is 10.2. The van der Waals surface area contributed by atoms with Gasteiger partial charge in [-0.3, -0.25) is 4.68 Å². The van der Waals surface area contributed by atoms with Crippen LogP contribution < -0.4 is 5.32 Å². The Bertz CT molecular complexity index is 677. The average Bonchev–Trinajstić information content (AvgIpc) is 2.89. The third kappa shape index (κ3) is 4.45. The van der Waals surface area contributed by atoms with E-state index in [0.717, 1.165) is 5.56 Å². The Balaban J connectivity index is 2.20. The van der Waals surface area contributed by atoms with Gasteiger partial charge >= 0.3 is 0 Å². The second kappa shape index (κ2) is 7.07. The molecule has 2 N–H and O–H groups in total. The van der Waals surface area contributed by atoms with E-state index in [-0.39, 0.29) is 11.7 Å². The summed E-state index contributed by atoms with van der Waals surface area (Å²) in [6, 6.07) is 1.57. The minimum atomic E-state index is -1.35. The van der Waals surface area contributed by atoms with Crippen LogP contribution in [0.15, 0.2) is 24.7 Å². The highest BCUT2D eigenvalue weighted by Gasteiger charge is 2.07. The highest BCUT2D eigenvalue weighted by molar-refractivity contribution is 6.29. The predicted octanol–water partition coefficient (Wildman–Crippen LogP) is 1.61. The monoisotopic (exact) mass is 308 g/mol. The minimum Gasteiger partial charge on any atom is -0.393 e. The van der Waals surface area contributed by atoms with Crippen molar-refractivity contribution in [3.8, 4) is 11.8 Å². The molecule has 0 spiro atoms. The number of hydrogen-bond donors (Lipinski definition) is 2. The fraction of sp³-hybridized carbons (Fsp3) is 0.286. The number of pyridine rings is 1. The molecule has 1 atom stereocenters. The van der Waals surface area contributed by atoms with Gasteiger partial charge in [0.05, 0.1) is 29.6 Å². The smallest absolute Gasteiger partial charge is 0.140 e. The van der Waals surface area contributed by atoms with Crippen molar-refractivity contribution in [1.29, 1.82) is 0 Å². The van der Waals surface area contributed by atoms with Crippen molar-refractivity contribution >= 4 is 17.3 Å². The highest BCUT2D eigenvalue weighted by atomic mass is 35.5. The van der Waals surface area contributed by atoms with Crippen LogP contribution in [0.1, 0.15) is 11.1 Å². The van der Waals surface area contributed by atoms with Crippen molar-refractivity contribution in [1.82, 2.24) is 14.8 Å². The molecule has 5 nitrogen and oxygen atoms in total. The van der Waals surface area contributed by atoms with E-state index in [4.69, 9.17) is 16.7 Å². The summed E-state index contributed by atoms with van der Waals surface area (Å²) in [6.07, 6.45) is 3.59. The zero-order valence-electron chi connectivity index (χ0n) is 11.3. The van der Waals surface area contributed by atoms with Gasteiger partial charge in [-0.05, 0) is 6.07 Å². The minimum absolute atomic E-state index is 0.0294. The van der Waals surface area contributed by atoms with Crippen LogP contribution in [0.5, 0.6) is 0 Å². The normalized spacial score (nSPS) is 11.6. The van der Waals surface area contributed by atoms with Gasteiger partial charge in [0.15, 0.2) is 0 Å². The van der Waals surface area contributed by atoms with Crippen molar-refractivity contribution in [3.63, 3.8) is 0 Å². The number of rotatable bonds is 4. The van der Waals surface area contributed by atoms with Crippen molar-refractivity contribution < 1.29 is 9.50 Å². The second-order valence-electron chi connectivity index (χ2n) is 4.37. The zero-order chi connectivity index (χ0) is 15.2. The summed E-state index contributed by atoms with van der Waals surface area (Å²) in [5.41, 5.74) is 1.92. The van der Waals surface area contributed by atoms with Crippen LogP contribution in [0.25, 0.3) is 0 Å². The van der Waals surface area contributed by atoms with Gasteiger partial charge in [-0.15, -0.1) is 0 Å². The molecule has 0 amide bonds. The lowest BCUT2D eigenvalue weighted by molar-refractivity contribution is 0.186. The Morgan fingerprint density at radius 3 is 2.95 bits per heavy atom. The van der Waals surface area contributed by atoms with Crippen LogP contribution in [-0.2, 0) is 7.05 Å². The molecule has 0 bridgehead atoms. The first-order valence-electron chi connectivity index (χ1n) is 6.23. The van der Waals surface area contributed by atoms with Gasteiger partial charge in [0.1, 0.15) is 11.3 Å². The molecule has 0 saturated heterocycles. The lowest BCUT2D eigenvalue weighted by Crippen LogP contribution is -2.19. The first-order chi connectivity index (χ1) is 10.1. The van der Waals surface area contributed by atoms with Crippen molar-refractivity contribution in [2.45, 2.75) is 6.17 Å². The van der Waals surface area contributed by atoms with E-state index in [2.05, 4.69) is 27.2 Å². The fourth-order valence-corrected chi connectivity index (χ4v) is 1.74. The molecule has 2 aromatic heterocycles. The second-order valence-corrected chi connectivity index (χ2v) is 4.75. The molecule has 2 aromatic rings. The standard InChI is InChI=1S/C14H14ClFN4O/c1-20-8-10(5-19-20)2-3-11-6-18-14(15)4-13(11)17-7-12(16)9-21/h4-6,8,12,21H,7,9H2,1H3,(H,17,18)/t12-/m1/s1. The quantitative estimate of drug-likeness (QED) is 0.665. The Labute approximate surface area is 126 Å². The third-order valence-corrected chi connectivity index (χ3v) is 2.84. The van der Waals surface area contributed by atoms with Gasteiger partial charge in [0.2, 0.25) is 0 Å². The molecule has 0 aromatic carbocycles. The van der Waals surface area contributed by atoms with E-state index in [9.17, 15) is 4.39 Å². The summed E-state index contributed by atoms with van der Waals surface area (Å²) in [7, 11) is 1.80. The molecule has 21 heavy (non-hydrogen) atoms. The number of halogens is 2. The fourth-order valence-electron chi connectivity index (χ4n) is 1.59. The molecule has 2 rings (SSSR count). The summed E-state index contributed by atoms with van der Waals surface area (Å²) in [5, 5.41) is 15.9. The Hall–Kier alpha value is -2.10. The van der Waals surface area contributed by atoms with Crippen molar-refractivity contribution in [3.05, 3.63) is 40.9 Å². The summed E-state index contributed by atoms with van der Waals surface area (Å²) >= 11 is 5.83. The Kier molecular flexibility index (Phi) is 5.14. The molecule has 0 aliphatic carbocycles. The SMILES string of the molecule is Cn1cc(C#Cc2cnc(Cl)cc2NC[C@@H](F)CO)cn1. The average molecular weight is 309 g/mol. The van der Waals surface area contributed by atoms with Gasteiger partial charge in [0, 0.05) is 26.0 Å². The van der Waals surface area contributed by atoms with Crippen LogP contribution in [0, 0.1) is 11.8 Å². The largest absolute Gasteiger partial charge is 0.393 e. The number of aromatic nitrogens is 3. The molecule has 0 saturated carbocycles. The molecule has 0 unspecified atom stereocenters. The van der Waals surface area contributed by atoms with E-state index in [0.29, 0.717) is 11.3 Å². The first-order valence-corrected chi connectivity index (χ1v) is 6.61. The number of aliphatic hydroxyl groups is 1. The highest BCUT2D eigenvalue weighted by Crippen LogP contribution is 2.18. The zero-order valence-corrected chi connectivity index (χ0v) is 12.1. The van der Waals surface area contributed by atoms with E-state index in [1.807, 2.05) is 0 Å². The molecular weight excluding hydrogens is 295 g/mol. The van der Waals surface area contributed by atoms with Crippen molar-refractivity contribution in [2.24, 2.45) is 7.05 Å². The molecule has 110 valence electrons. The van der Waals surface area contributed by atoms with Gasteiger partial charge in [-0.1, -0.05) is 23.4 Å². The lowest BCUT2D eigenvalue weighted by Gasteiger charge is -2.10. The summed E-state index contributed by atoms with van der Waals surface area (Å²) < 4.78 is 14.7. The molecule has 2 heterocycles. The molecule has 0 aliphatic heterocycles. The summed E-state index contributed by atoms with van der Waals surface area (Å²) in [6.45, 7) is -0.569. The number of nitrogens with zero attached hydrogens (tertiary/aromatic N) is 3.